The van der Waals surface area contributed by atoms with Gasteiger partial charge in [0, 0.05) is 43.6 Å². The predicted octanol–water partition coefficient (Wildman–Crippen LogP) is 2.38. The van der Waals surface area contributed by atoms with E-state index < -0.39 is 10.0 Å². The van der Waals surface area contributed by atoms with E-state index in [0.29, 0.717) is 32.5 Å². The molecule has 1 saturated heterocycles. The molecule has 0 radical (unpaired) electrons. The van der Waals surface area contributed by atoms with Gasteiger partial charge in [-0.2, -0.15) is 4.31 Å². The lowest BCUT2D eigenvalue weighted by Crippen LogP contribution is -2.44. The Morgan fingerprint density at radius 3 is 2.59 bits per heavy atom. The first kappa shape index (κ1) is 18.1. The molecule has 0 unspecified atom stereocenters. The number of amides is 1. The number of fused-ring (bicyclic) bond motifs is 1. The van der Waals surface area contributed by atoms with E-state index >= 15 is 0 Å². The number of anilines is 1. The molecule has 0 N–H and O–H groups in total. The van der Waals surface area contributed by atoms with E-state index in [0.717, 1.165) is 12.1 Å². The van der Waals surface area contributed by atoms with Crippen LogP contribution in [0, 0.1) is 12.8 Å². The van der Waals surface area contributed by atoms with Gasteiger partial charge in [-0.05, 0) is 55.5 Å². The third-order valence-electron chi connectivity index (χ3n) is 5.60. The molecule has 142 valence electrons. The SMILES string of the molecule is Cc1cccc2c1CCN2C(=O)C1CCN(S(=O)(=O)c2cccnc2)CC1. The number of carbonyl (C=O) groups is 1. The average Bonchev–Trinajstić information content (AvgIpc) is 3.14. The van der Waals surface area contributed by atoms with Gasteiger partial charge >= 0.3 is 0 Å². The van der Waals surface area contributed by atoms with Crippen molar-refractivity contribution in [2.45, 2.75) is 31.1 Å². The van der Waals surface area contributed by atoms with E-state index in [1.54, 1.807) is 18.3 Å². The summed E-state index contributed by atoms with van der Waals surface area (Å²) in [5, 5.41) is 0. The first-order chi connectivity index (χ1) is 13.0. The number of hydrogen-bond acceptors (Lipinski definition) is 4. The Labute approximate surface area is 159 Å². The molecule has 0 atom stereocenters. The summed E-state index contributed by atoms with van der Waals surface area (Å²) in [6.45, 7) is 3.52. The van der Waals surface area contributed by atoms with Gasteiger partial charge in [0.05, 0.1) is 0 Å². The number of benzene rings is 1. The van der Waals surface area contributed by atoms with Gasteiger partial charge in [0.1, 0.15) is 4.90 Å². The highest BCUT2D eigenvalue weighted by Gasteiger charge is 2.36. The number of rotatable bonds is 3. The van der Waals surface area contributed by atoms with Crippen molar-refractivity contribution in [2.24, 2.45) is 5.92 Å². The van der Waals surface area contributed by atoms with Crippen LogP contribution >= 0.6 is 0 Å². The van der Waals surface area contributed by atoms with E-state index in [1.165, 1.54) is 21.6 Å². The molecular weight excluding hydrogens is 362 g/mol. The van der Waals surface area contributed by atoms with E-state index in [1.807, 2.05) is 17.0 Å². The third-order valence-corrected chi connectivity index (χ3v) is 7.49. The Morgan fingerprint density at radius 1 is 1.11 bits per heavy atom. The van der Waals surface area contributed by atoms with E-state index in [-0.39, 0.29) is 16.7 Å². The first-order valence-corrected chi connectivity index (χ1v) is 10.7. The van der Waals surface area contributed by atoms with Gasteiger partial charge in [0.15, 0.2) is 0 Å². The second-order valence-electron chi connectivity index (χ2n) is 7.18. The molecule has 1 aromatic carbocycles. The van der Waals surface area contributed by atoms with Crippen molar-refractivity contribution in [2.75, 3.05) is 24.5 Å². The summed E-state index contributed by atoms with van der Waals surface area (Å²) >= 11 is 0. The predicted molar refractivity (Wildman–Crippen MR) is 103 cm³/mol. The highest BCUT2D eigenvalue weighted by atomic mass is 32.2. The lowest BCUT2D eigenvalue weighted by molar-refractivity contribution is -0.123. The third kappa shape index (κ3) is 3.26. The quantitative estimate of drug-likeness (QED) is 0.813. The fourth-order valence-electron chi connectivity index (χ4n) is 4.05. The van der Waals surface area contributed by atoms with Crippen molar-refractivity contribution in [3.63, 3.8) is 0 Å². The summed E-state index contributed by atoms with van der Waals surface area (Å²) in [6, 6.07) is 9.26. The Morgan fingerprint density at radius 2 is 1.89 bits per heavy atom. The molecule has 0 saturated carbocycles. The summed E-state index contributed by atoms with van der Waals surface area (Å²) in [7, 11) is -3.54. The Balaban J connectivity index is 1.45. The summed E-state index contributed by atoms with van der Waals surface area (Å²) in [5.74, 6) is -0.00501. The van der Waals surface area contributed by atoms with Crippen LogP contribution in [0.4, 0.5) is 5.69 Å². The van der Waals surface area contributed by atoms with Gasteiger partial charge in [-0.3, -0.25) is 9.78 Å². The number of sulfonamides is 1. The van der Waals surface area contributed by atoms with Crippen molar-refractivity contribution in [3.8, 4) is 0 Å². The standard InChI is InChI=1S/C20H23N3O3S/c1-15-4-2-6-19-18(15)9-13-23(19)20(24)16-7-11-22(12-8-16)27(25,26)17-5-3-10-21-14-17/h2-6,10,14,16H,7-9,11-13H2,1H3. The Bertz CT molecular complexity index is 952. The number of aryl methyl sites for hydroxylation is 1. The second-order valence-corrected chi connectivity index (χ2v) is 9.12. The first-order valence-electron chi connectivity index (χ1n) is 9.28. The molecule has 4 rings (SSSR count). The van der Waals surface area contributed by atoms with Crippen LogP contribution in [0.2, 0.25) is 0 Å². The van der Waals surface area contributed by atoms with Crippen molar-refractivity contribution in [1.29, 1.82) is 0 Å². The maximum atomic E-state index is 13.0. The van der Waals surface area contributed by atoms with Crippen molar-refractivity contribution < 1.29 is 13.2 Å². The minimum atomic E-state index is -3.54. The maximum Gasteiger partial charge on any atom is 0.244 e. The lowest BCUT2D eigenvalue weighted by atomic mass is 9.96. The molecule has 27 heavy (non-hydrogen) atoms. The zero-order valence-corrected chi connectivity index (χ0v) is 16.2. The maximum absolute atomic E-state index is 13.0. The van der Waals surface area contributed by atoms with Crippen LogP contribution in [0.5, 0.6) is 0 Å². The van der Waals surface area contributed by atoms with Gasteiger partial charge in [0.25, 0.3) is 0 Å². The molecule has 1 amide bonds. The molecule has 0 bridgehead atoms. The second kappa shape index (κ2) is 7.05. The van der Waals surface area contributed by atoms with E-state index in [4.69, 9.17) is 0 Å². The number of nitrogens with zero attached hydrogens (tertiary/aromatic N) is 3. The number of pyridine rings is 1. The largest absolute Gasteiger partial charge is 0.312 e. The molecule has 6 nitrogen and oxygen atoms in total. The summed E-state index contributed by atoms with van der Waals surface area (Å²) in [5.41, 5.74) is 3.49. The van der Waals surface area contributed by atoms with Gasteiger partial charge in [-0.25, -0.2) is 8.42 Å². The van der Waals surface area contributed by atoms with Crippen LogP contribution in [0.15, 0.2) is 47.6 Å². The molecular formula is C20H23N3O3S. The molecule has 1 aromatic heterocycles. The summed E-state index contributed by atoms with van der Waals surface area (Å²) < 4.78 is 26.9. The number of aromatic nitrogens is 1. The van der Waals surface area contributed by atoms with Crippen LogP contribution in [0.25, 0.3) is 0 Å². The van der Waals surface area contributed by atoms with Crippen molar-refractivity contribution in [1.82, 2.24) is 9.29 Å². The van der Waals surface area contributed by atoms with E-state index in [2.05, 4.69) is 18.0 Å². The normalized spacial score (nSPS) is 18.5. The minimum absolute atomic E-state index is 0.123. The fraction of sp³-hybridized carbons (Fsp3) is 0.400. The minimum Gasteiger partial charge on any atom is -0.312 e. The topological polar surface area (TPSA) is 70.6 Å². The Hall–Kier alpha value is -2.25. The highest BCUT2D eigenvalue weighted by Crippen LogP contribution is 2.33. The lowest BCUT2D eigenvalue weighted by Gasteiger charge is -2.32. The molecule has 7 heteroatoms. The molecule has 2 aromatic rings. The Kier molecular flexibility index (Phi) is 4.74. The fourth-order valence-corrected chi connectivity index (χ4v) is 5.48. The molecule has 1 fully saturated rings. The summed E-state index contributed by atoms with van der Waals surface area (Å²) in [6.07, 6.45) is 4.92. The monoisotopic (exact) mass is 385 g/mol. The average molecular weight is 385 g/mol. The molecule has 3 heterocycles. The van der Waals surface area contributed by atoms with Crippen molar-refractivity contribution >= 4 is 21.6 Å². The number of hydrogen-bond donors (Lipinski definition) is 0. The molecule has 2 aliphatic rings. The van der Waals surface area contributed by atoms with E-state index in [9.17, 15) is 13.2 Å². The summed E-state index contributed by atoms with van der Waals surface area (Å²) in [4.78, 5) is 19.0. The van der Waals surface area contributed by atoms with Crippen LogP contribution < -0.4 is 4.90 Å². The van der Waals surface area contributed by atoms with Gasteiger partial charge in [-0.15, -0.1) is 0 Å². The molecule has 0 aliphatic carbocycles. The van der Waals surface area contributed by atoms with Crippen LogP contribution in [-0.2, 0) is 21.2 Å². The number of piperidine rings is 1. The van der Waals surface area contributed by atoms with Crippen molar-refractivity contribution in [3.05, 3.63) is 53.9 Å². The molecule has 2 aliphatic heterocycles. The van der Waals surface area contributed by atoms with Crippen LogP contribution in [-0.4, -0.2) is 43.2 Å². The smallest absolute Gasteiger partial charge is 0.244 e. The molecule has 0 spiro atoms. The van der Waals surface area contributed by atoms with Crippen LogP contribution in [0.1, 0.15) is 24.0 Å². The highest BCUT2D eigenvalue weighted by molar-refractivity contribution is 7.89. The zero-order chi connectivity index (χ0) is 19.0. The van der Waals surface area contributed by atoms with Crippen LogP contribution in [0.3, 0.4) is 0 Å². The van der Waals surface area contributed by atoms with Gasteiger partial charge in [0.2, 0.25) is 15.9 Å². The van der Waals surface area contributed by atoms with Gasteiger partial charge in [-0.1, -0.05) is 12.1 Å². The number of carbonyl (C=O) groups excluding carboxylic acids is 1. The zero-order valence-electron chi connectivity index (χ0n) is 15.3. The van der Waals surface area contributed by atoms with Gasteiger partial charge < -0.3 is 4.90 Å².